The van der Waals surface area contributed by atoms with Crippen molar-refractivity contribution in [2.75, 3.05) is 25.0 Å². The minimum absolute atomic E-state index is 0.0370. The molecule has 0 saturated carbocycles. The summed E-state index contributed by atoms with van der Waals surface area (Å²) in [5.41, 5.74) is 0. The molecule has 1 saturated heterocycles. The number of anilines is 1. The summed E-state index contributed by atoms with van der Waals surface area (Å²) in [6.07, 6.45) is 1.51. The van der Waals surface area contributed by atoms with Gasteiger partial charge in [0.1, 0.15) is 0 Å². The minimum Gasteiger partial charge on any atom is -0.456 e. The van der Waals surface area contributed by atoms with Gasteiger partial charge in [-0.05, 0) is 12.5 Å². The van der Waals surface area contributed by atoms with Gasteiger partial charge in [-0.3, -0.25) is 19.3 Å². The quantitative estimate of drug-likeness (QED) is 0.535. The van der Waals surface area contributed by atoms with Crippen LogP contribution in [0.5, 0.6) is 0 Å². The molecule has 1 fully saturated rings. The number of carbonyl (C=O) groups excluding carboxylic acids is 4. The lowest BCUT2D eigenvalue weighted by atomic mass is 10.3. The Balaban J connectivity index is 1.68. The maximum Gasteiger partial charge on any atom is 0.324 e. The van der Waals surface area contributed by atoms with Crippen LogP contribution in [0.1, 0.15) is 12.8 Å². The number of hydrogen-bond donors (Lipinski definition) is 2. The van der Waals surface area contributed by atoms with Gasteiger partial charge in [-0.25, -0.2) is 9.78 Å². The normalized spacial score (nSPS) is 13.6. The first-order valence-electron chi connectivity index (χ1n) is 7.21. The molecule has 134 valence electrons. The van der Waals surface area contributed by atoms with Crippen LogP contribution in [0.3, 0.4) is 0 Å². The van der Waals surface area contributed by atoms with Gasteiger partial charge in [0.25, 0.3) is 5.91 Å². The van der Waals surface area contributed by atoms with E-state index in [0.717, 1.165) is 4.90 Å². The highest BCUT2D eigenvalue weighted by atomic mass is 35.5. The van der Waals surface area contributed by atoms with Crippen LogP contribution in [0, 0.1) is 0 Å². The zero-order chi connectivity index (χ0) is 18.4. The third-order valence-electron chi connectivity index (χ3n) is 3.13. The van der Waals surface area contributed by atoms with Crippen molar-refractivity contribution in [2.45, 2.75) is 12.8 Å². The maximum absolute atomic E-state index is 11.7. The van der Waals surface area contributed by atoms with E-state index < -0.39 is 24.5 Å². The number of carbonyl (C=O) groups is 4. The van der Waals surface area contributed by atoms with Crippen LogP contribution in [-0.2, 0) is 19.1 Å². The van der Waals surface area contributed by atoms with Crippen molar-refractivity contribution in [3.05, 3.63) is 22.3 Å². The molecule has 0 bridgehead atoms. The van der Waals surface area contributed by atoms with Crippen LogP contribution in [0.4, 0.5) is 10.6 Å². The Labute approximate surface area is 152 Å². The topological polar surface area (TPSA) is 118 Å². The van der Waals surface area contributed by atoms with Crippen LogP contribution >= 0.6 is 23.2 Å². The summed E-state index contributed by atoms with van der Waals surface area (Å²) in [5, 5.41) is 5.23. The van der Waals surface area contributed by atoms with Crippen molar-refractivity contribution in [1.29, 1.82) is 0 Å². The molecule has 0 spiro atoms. The number of rotatable bonds is 7. The second-order valence-corrected chi connectivity index (χ2v) is 5.84. The number of esters is 1. The third kappa shape index (κ3) is 5.57. The summed E-state index contributed by atoms with van der Waals surface area (Å²) in [6.45, 7) is -0.441. The van der Waals surface area contributed by atoms with Gasteiger partial charge in [0.15, 0.2) is 12.4 Å². The summed E-state index contributed by atoms with van der Waals surface area (Å²) >= 11 is 11.5. The monoisotopic (exact) mass is 388 g/mol. The number of halogens is 2. The number of hydrogen-bond acceptors (Lipinski definition) is 6. The fourth-order valence-corrected chi connectivity index (χ4v) is 2.38. The van der Waals surface area contributed by atoms with Gasteiger partial charge < -0.3 is 15.4 Å². The highest BCUT2D eigenvalue weighted by molar-refractivity contribution is 6.36. The lowest BCUT2D eigenvalue weighted by Crippen LogP contribution is -2.32. The van der Waals surface area contributed by atoms with Crippen molar-refractivity contribution in [2.24, 2.45) is 0 Å². The Hall–Kier alpha value is -2.39. The van der Waals surface area contributed by atoms with E-state index in [1.54, 1.807) is 0 Å². The summed E-state index contributed by atoms with van der Waals surface area (Å²) in [4.78, 5) is 50.8. The van der Waals surface area contributed by atoms with E-state index in [9.17, 15) is 19.2 Å². The number of nitrogens with one attached hydrogen (secondary N) is 2. The van der Waals surface area contributed by atoms with E-state index in [4.69, 9.17) is 27.9 Å². The average Bonchev–Trinajstić information content (AvgIpc) is 2.87. The molecule has 2 N–H and O–H groups in total. The predicted octanol–water partition coefficient (Wildman–Crippen LogP) is 1.20. The minimum atomic E-state index is -0.627. The van der Waals surface area contributed by atoms with Crippen LogP contribution in [0.25, 0.3) is 0 Å². The third-order valence-corrected chi connectivity index (χ3v) is 3.62. The van der Waals surface area contributed by atoms with E-state index in [2.05, 4.69) is 15.6 Å². The fourth-order valence-electron chi connectivity index (χ4n) is 1.96. The van der Waals surface area contributed by atoms with Crippen LogP contribution in [-0.4, -0.2) is 53.4 Å². The number of nitrogens with zero attached hydrogens (tertiary/aromatic N) is 2. The molecule has 1 aromatic rings. The van der Waals surface area contributed by atoms with Gasteiger partial charge in [-0.15, -0.1) is 0 Å². The van der Waals surface area contributed by atoms with Crippen molar-refractivity contribution in [3.63, 3.8) is 0 Å². The molecule has 9 nitrogen and oxygen atoms in total. The molecular formula is C14H14Cl2N4O5. The molecule has 1 aromatic heterocycles. The molecular weight excluding hydrogens is 375 g/mol. The average molecular weight is 389 g/mol. The number of pyridine rings is 1. The van der Waals surface area contributed by atoms with E-state index >= 15 is 0 Å². The number of urea groups is 1. The summed E-state index contributed by atoms with van der Waals surface area (Å²) in [6, 6.07) is 0.929. The van der Waals surface area contributed by atoms with Gasteiger partial charge in [0.05, 0.1) is 16.6 Å². The summed E-state index contributed by atoms with van der Waals surface area (Å²) in [5.74, 6) is -1.48. The Morgan fingerprint density at radius 3 is 2.76 bits per heavy atom. The highest BCUT2D eigenvalue weighted by Crippen LogP contribution is 2.22. The first-order valence-corrected chi connectivity index (χ1v) is 7.97. The molecule has 1 aliphatic rings. The van der Waals surface area contributed by atoms with Gasteiger partial charge in [-0.1, -0.05) is 23.2 Å². The second kappa shape index (κ2) is 8.63. The van der Waals surface area contributed by atoms with E-state index in [-0.39, 0.29) is 42.7 Å². The Kier molecular flexibility index (Phi) is 6.54. The lowest BCUT2D eigenvalue weighted by molar-refractivity contribution is -0.147. The van der Waals surface area contributed by atoms with Crippen LogP contribution in [0.15, 0.2) is 12.3 Å². The zero-order valence-electron chi connectivity index (χ0n) is 12.9. The molecule has 0 unspecified atom stereocenters. The predicted molar refractivity (Wildman–Crippen MR) is 88.2 cm³/mol. The van der Waals surface area contributed by atoms with Crippen LogP contribution < -0.4 is 10.6 Å². The number of amides is 4. The van der Waals surface area contributed by atoms with Gasteiger partial charge in [0, 0.05) is 19.2 Å². The van der Waals surface area contributed by atoms with Crippen molar-refractivity contribution >= 4 is 52.8 Å². The molecule has 0 atom stereocenters. The molecule has 1 aliphatic heterocycles. The van der Waals surface area contributed by atoms with Gasteiger partial charge in [-0.2, -0.15) is 0 Å². The fraction of sp³-hybridized carbons (Fsp3) is 0.357. The number of imide groups is 1. The van der Waals surface area contributed by atoms with Gasteiger partial charge >= 0.3 is 12.0 Å². The van der Waals surface area contributed by atoms with E-state index in [0.29, 0.717) is 5.02 Å². The van der Waals surface area contributed by atoms with E-state index in [1.165, 1.54) is 12.3 Å². The lowest BCUT2D eigenvalue weighted by Gasteiger charge is -2.11. The smallest absolute Gasteiger partial charge is 0.324 e. The first-order chi connectivity index (χ1) is 11.9. The molecule has 0 aromatic carbocycles. The standard InChI is InChI=1S/C14H14Cl2N4O5/c15-8-4-9(16)13(17-5-8)19-10(21)7-25-12(23)2-1-3-20-11(22)6-18-14(20)24/h4-5H,1-3,6-7H2,(H,18,24)(H,17,19,21). The highest BCUT2D eigenvalue weighted by Gasteiger charge is 2.27. The largest absolute Gasteiger partial charge is 0.456 e. The molecule has 0 radical (unpaired) electrons. The number of ether oxygens (including phenoxy) is 1. The molecule has 0 aliphatic carbocycles. The molecule has 2 heterocycles. The van der Waals surface area contributed by atoms with Gasteiger partial charge in [0.2, 0.25) is 5.91 Å². The zero-order valence-corrected chi connectivity index (χ0v) is 14.4. The number of aromatic nitrogens is 1. The molecule has 25 heavy (non-hydrogen) atoms. The molecule has 11 heteroatoms. The van der Waals surface area contributed by atoms with Crippen LogP contribution in [0.2, 0.25) is 10.0 Å². The Morgan fingerprint density at radius 1 is 1.36 bits per heavy atom. The van der Waals surface area contributed by atoms with E-state index in [1.807, 2.05) is 0 Å². The SMILES string of the molecule is O=C(COC(=O)CCCN1C(=O)CNC1=O)Nc1ncc(Cl)cc1Cl. The maximum atomic E-state index is 11.7. The Bertz CT molecular complexity index is 696. The summed E-state index contributed by atoms with van der Waals surface area (Å²) in [7, 11) is 0. The molecule has 4 amide bonds. The summed E-state index contributed by atoms with van der Waals surface area (Å²) < 4.78 is 4.81. The van der Waals surface area contributed by atoms with Crippen molar-refractivity contribution in [3.8, 4) is 0 Å². The van der Waals surface area contributed by atoms with Crippen molar-refractivity contribution in [1.82, 2.24) is 15.2 Å². The molecule has 2 rings (SSSR count). The second-order valence-electron chi connectivity index (χ2n) is 5.00. The Morgan fingerprint density at radius 2 is 2.12 bits per heavy atom. The van der Waals surface area contributed by atoms with Crippen molar-refractivity contribution < 1.29 is 23.9 Å². The first kappa shape index (κ1) is 18.9.